The first-order chi connectivity index (χ1) is 8.77. The number of aromatic amines is 2. The van der Waals surface area contributed by atoms with Gasteiger partial charge in [-0.05, 0) is 40.6 Å². The number of aromatic nitrogens is 8. The van der Waals surface area contributed by atoms with Gasteiger partial charge in [-0.3, -0.25) is 4.39 Å². The van der Waals surface area contributed by atoms with Crippen molar-refractivity contribution in [2.45, 2.75) is 38.0 Å². The Balaban J connectivity index is 2.13. The summed E-state index contributed by atoms with van der Waals surface area (Å²) in [7, 11) is 0. The van der Waals surface area contributed by atoms with E-state index in [-0.39, 0.29) is 6.67 Å². The molecule has 0 bridgehead atoms. The highest BCUT2D eigenvalue weighted by molar-refractivity contribution is 5.16. The van der Waals surface area contributed by atoms with Crippen LogP contribution in [0.3, 0.4) is 0 Å². The molecular formula is C9H15FN8. The summed E-state index contributed by atoms with van der Waals surface area (Å²) in [5.74, 6) is 1.20. The Labute approximate surface area is 103 Å². The van der Waals surface area contributed by atoms with Crippen LogP contribution in [0.2, 0.25) is 0 Å². The molecule has 0 fully saturated rings. The fourth-order valence-electron chi connectivity index (χ4n) is 1.88. The Hall–Kier alpha value is -1.93. The van der Waals surface area contributed by atoms with Crippen LogP contribution in [0.5, 0.6) is 0 Å². The van der Waals surface area contributed by atoms with E-state index in [4.69, 9.17) is 0 Å². The molecule has 0 radical (unpaired) electrons. The van der Waals surface area contributed by atoms with Crippen molar-refractivity contribution in [1.29, 1.82) is 0 Å². The van der Waals surface area contributed by atoms with Gasteiger partial charge in [0, 0.05) is 0 Å². The number of nitrogens with zero attached hydrogens (tertiary/aromatic N) is 6. The summed E-state index contributed by atoms with van der Waals surface area (Å²) in [4.78, 5) is 0. The first-order valence-electron chi connectivity index (χ1n) is 5.82. The van der Waals surface area contributed by atoms with E-state index < -0.39 is 5.41 Å². The summed E-state index contributed by atoms with van der Waals surface area (Å²) >= 11 is 0. The maximum Gasteiger partial charge on any atom is 0.162 e. The van der Waals surface area contributed by atoms with Crippen LogP contribution < -0.4 is 0 Å². The van der Waals surface area contributed by atoms with Gasteiger partial charge < -0.3 is 0 Å². The van der Waals surface area contributed by atoms with E-state index in [1.807, 2.05) is 6.92 Å². The molecule has 0 amide bonds. The highest BCUT2D eigenvalue weighted by Gasteiger charge is 2.35. The van der Waals surface area contributed by atoms with Gasteiger partial charge in [-0.2, -0.15) is 0 Å². The number of nitrogens with one attached hydrogen (secondary N) is 2. The van der Waals surface area contributed by atoms with Crippen molar-refractivity contribution >= 4 is 0 Å². The zero-order valence-electron chi connectivity index (χ0n) is 10.1. The standard InChI is InChI=1S/C9H15FN8/c1-9(5-3-2-4-6-10,7-11-15-16-12-7)8-13-17-18-14-8/h2-6H2,1H3,(H,11,12,15,16)(H,13,14,17,18). The van der Waals surface area contributed by atoms with Crippen molar-refractivity contribution < 1.29 is 4.39 Å². The second kappa shape index (κ2) is 5.61. The van der Waals surface area contributed by atoms with Crippen LogP contribution in [-0.2, 0) is 5.41 Å². The third-order valence-electron chi connectivity index (χ3n) is 3.05. The Bertz CT molecular complexity index is 405. The number of halogens is 1. The lowest BCUT2D eigenvalue weighted by molar-refractivity contribution is 0.408. The lowest BCUT2D eigenvalue weighted by Gasteiger charge is -2.22. The molecule has 0 spiro atoms. The van der Waals surface area contributed by atoms with Crippen molar-refractivity contribution in [3.63, 3.8) is 0 Å². The van der Waals surface area contributed by atoms with E-state index in [0.29, 0.717) is 18.1 Å². The zero-order valence-corrected chi connectivity index (χ0v) is 10.1. The summed E-state index contributed by atoms with van der Waals surface area (Å²) in [5, 5.41) is 27.7. The van der Waals surface area contributed by atoms with Gasteiger partial charge in [0.15, 0.2) is 11.6 Å². The summed E-state index contributed by atoms with van der Waals surface area (Å²) in [5.41, 5.74) is -0.511. The molecule has 98 valence electrons. The highest BCUT2D eigenvalue weighted by Crippen LogP contribution is 2.31. The molecule has 0 saturated carbocycles. The molecule has 2 aromatic rings. The topological polar surface area (TPSA) is 109 Å². The Morgan fingerprint density at radius 1 is 1.00 bits per heavy atom. The summed E-state index contributed by atoms with van der Waals surface area (Å²) in [6.07, 6.45) is 2.97. The smallest absolute Gasteiger partial charge is 0.162 e. The van der Waals surface area contributed by atoms with Crippen molar-refractivity contribution in [1.82, 2.24) is 41.2 Å². The Morgan fingerprint density at radius 3 is 2.06 bits per heavy atom. The molecule has 9 heteroatoms. The van der Waals surface area contributed by atoms with E-state index in [2.05, 4.69) is 41.2 Å². The predicted octanol–water partition coefficient (Wildman–Crippen LogP) is 0.549. The van der Waals surface area contributed by atoms with Gasteiger partial charge in [-0.25, -0.2) is 10.2 Å². The van der Waals surface area contributed by atoms with Gasteiger partial charge in [0.05, 0.1) is 12.1 Å². The fraction of sp³-hybridized carbons (Fsp3) is 0.778. The molecule has 0 aromatic carbocycles. The predicted molar refractivity (Wildman–Crippen MR) is 59.3 cm³/mol. The molecular weight excluding hydrogens is 239 g/mol. The van der Waals surface area contributed by atoms with Gasteiger partial charge in [-0.15, -0.1) is 10.2 Å². The largest absolute Gasteiger partial charge is 0.251 e. The summed E-state index contributed by atoms with van der Waals surface area (Å²) in [6, 6.07) is 0. The van der Waals surface area contributed by atoms with Crippen LogP contribution in [0, 0.1) is 0 Å². The third kappa shape index (κ3) is 2.49. The molecule has 18 heavy (non-hydrogen) atoms. The van der Waals surface area contributed by atoms with Gasteiger partial charge in [0.25, 0.3) is 0 Å². The molecule has 2 aromatic heterocycles. The van der Waals surface area contributed by atoms with Crippen molar-refractivity contribution in [3.05, 3.63) is 11.6 Å². The van der Waals surface area contributed by atoms with Gasteiger partial charge >= 0.3 is 0 Å². The fourth-order valence-corrected chi connectivity index (χ4v) is 1.88. The molecule has 2 rings (SSSR count). The molecule has 8 nitrogen and oxygen atoms in total. The Morgan fingerprint density at radius 2 is 1.61 bits per heavy atom. The van der Waals surface area contributed by atoms with Crippen molar-refractivity contribution in [2.24, 2.45) is 0 Å². The third-order valence-corrected chi connectivity index (χ3v) is 3.05. The minimum Gasteiger partial charge on any atom is -0.251 e. The number of rotatable bonds is 7. The first-order valence-corrected chi connectivity index (χ1v) is 5.82. The van der Waals surface area contributed by atoms with Crippen LogP contribution in [0.1, 0.15) is 44.3 Å². The van der Waals surface area contributed by atoms with E-state index in [9.17, 15) is 4.39 Å². The molecule has 0 saturated heterocycles. The minimum absolute atomic E-state index is 0.287. The van der Waals surface area contributed by atoms with E-state index in [1.54, 1.807) is 0 Å². The van der Waals surface area contributed by atoms with Crippen LogP contribution >= 0.6 is 0 Å². The summed E-state index contributed by atoms with van der Waals surface area (Å²) < 4.78 is 12.1. The number of alkyl halides is 1. The molecule has 0 unspecified atom stereocenters. The highest BCUT2D eigenvalue weighted by atomic mass is 19.1. The molecule has 2 heterocycles. The van der Waals surface area contributed by atoms with Gasteiger partial charge in [0.1, 0.15) is 0 Å². The van der Waals surface area contributed by atoms with Crippen LogP contribution in [0.25, 0.3) is 0 Å². The lowest BCUT2D eigenvalue weighted by atomic mass is 9.83. The van der Waals surface area contributed by atoms with Crippen molar-refractivity contribution in [2.75, 3.05) is 6.67 Å². The van der Waals surface area contributed by atoms with Gasteiger partial charge in [-0.1, -0.05) is 12.8 Å². The molecule has 2 N–H and O–H groups in total. The monoisotopic (exact) mass is 254 g/mol. The second-order valence-corrected chi connectivity index (χ2v) is 4.33. The SMILES string of the molecule is CC(CCCCCF)(c1nnn[nH]1)c1nnn[nH]1. The zero-order chi connectivity index (χ0) is 12.8. The maximum atomic E-state index is 12.1. The number of hydrogen-bond acceptors (Lipinski definition) is 6. The van der Waals surface area contributed by atoms with Crippen LogP contribution in [0.4, 0.5) is 4.39 Å². The van der Waals surface area contributed by atoms with Gasteiger partial charge in [0.2, 0.25) is 0 Å². The number of H-pyrrole nitrogens is 2. The van der Waals surface area contributed by atoms with E-state index in [1.165, 1.54) is 0 Å². The first kappa shape index (κ1) is 12.5. The van der Waals surface area contributed by atoms with E-state index in [0.717, 1.165) is 19.3 Å². The van der Waals surface area contributed by atoms with Crippen LogP contribution in [0.15, 0.2) is 0 Å². The number of hydrogen-bond donors (Lipinski definition) is 2. The average molecular weight is 254 g/mol. The van der Waals surface area contributed by atoms with E-state index >= 15 is 0 Å². The molecule has 0 atom stereocenters. The lowest BCUT2D eigenvalue weighted by Crippen LogP contribution is -2.27. The maximum absolute atomic E-state index is 12.1. The Kier molecular flexibility index (Phi) is 3.90. The number of unbranched alkanes of at least 4 members (excludes halogenated alkanes) is 2. The van der Waals surface area contributed by atoms with Crippen molar-refractivity contribution in [3.8, 4) is 0 Å². The summed E-state index contributed by atoms with van der Waals surface area (Å²) in [6.45, 7) is 1.66. The number of tetrazole rings is 2. The van der Waals surface area contributed by atoms with Crippen LogP contribution in [-0.4, -0.2) is 47.9 Å². The normalized spacial score (nSPS) is 11.9. The molecule has 0 aliphatic carbocycles. The molecule has 0 aliphatic heterocycles. The minimum atomic E-state index is -0.511. The average Bonchev–Trinajstić information content (AvgIpc) is 3.05. The quantitative estimate of drug-likeness (QED) is 0.698. The molecule has 0 aliphatic rings. The second-order valence-electron chi connectivity index (χ2n) is 4.33.